The van der Waals surface area contributed by atoms with Gasteiger partial charge in [-0.2, -0.15) is 0 Å². The number of benzene rings is 1. The topological polar surface area (TPSA) is 87.5 Å². The molecule has 1 aliphatic carbocycles. The number of fused-ring (bicyclic) bond motifs is 1. The minimum absolute atomic E-state index is 0.277. The van der Waals surface area contributed by atoms with Crippen LogP contribution in [-0.2, 0) is 43.7 Å². The van der Waals surface area contributed by atoms with Crippen LogP contribution in [0.2, 0.25) is 0 Å². The minimum atomic E-state index is -0.861. The van der Waals surface area contributed by atoms with Crippen LogP contribution in [0.3, 0.4) is 0 Å². The van der Waals surface area contributed by atoms with Gasteiger partial charge in [-0.3, -0.25) is 9.59 Å². The van der Waals surface area contributed by atoms with E-state index in [-0.39, 0.29) is 12.2 Å². The number of esters is 2. The summed E-state index contributed by atoms with van der Waals surface area (Å²) in [6.07, 6.45) is 9.28. The number of hydrogen-bond acceptors (Lipinski definition) is 6. The van der Waals surface area contributed by atoms with Crippen molar-refractivity contribution in [3.8, 4) is 0 Å². The lowest BCUT2D eigenvalue weighted by molar-refractivity contribution is -0.151. The van der Waals surface area contributed by atoms with Gasteiger partial charge < -0.3 is 14.0 Å². The highest BCUT2D eigenvalue weighted by atomic mass is 16.5. The Morgan fingerprint density at radius 3 is 2.57 bits per heavy atom. The van der Waals surface area contributed by atoms with Crippen molar-refractivity contribution in [3.63, 3.8) is 0 Å². The van der Waals surface area contributed by atoms with Gasteiger partial charge in [-0.1, -0.05) is 30.3 Å². The summed E-state index contributed by atoms with van der Waals surface area (Å²) in [5, 5.41) is 0. The van der Waals surface area contributed by atoms with E-state index in [1.807, 2.05) is 31.3 Å². The average molecular weight is 408 g/mol. The number of hydrogen-bond donors (Lipinski definition) is 0. The molecule has 2 unspecified atom stereocenters. The monoisotopic (exact) mass is 408 g/mol. The Morgan fingerprint density at radius 1 is 1.17 bits per heavy atom. The fourth-order valence-corrected chi connectivity index (χ4v) is 3.29. The van der Waals surface area contributed by atoms with E-state index >= 15 is 0 Å². The lowest BCUT2D eigenvalue weighted by Gasteiger charge is -2.21. The Balaban J connectivity index is 1.76. The molecule has 0 N–H and O–H groups in total. The summed E-state index contributed by atoms with van der Waals surface area (Å²) in [5.41, 5.74) is 2.49. The van der Waals surface area contributed by atoms with Crippen LogP contribution in [0.25, 0.3) is 6.08 Å². The zero-order valence-electron chi connectivity index (χ0n) is 17.0. The average Bonchev–Trinajstić information content (AvgIpc) is 3.11. The molecule has 0 saturated heterocycles. The smallest absolute Gasteiger partial charge is 0.331 e. The van der Waals surface area contributed by atoms with Crippen molar-refractivity contribution in [2.24, 2.45) is 7.05 Å². The molecule has 0 bridgehead atoms. The first kappa shape index (κ1) is 21.2. The van der Waals surface area contributed by atoms with E-state index in [2.05, 4.69) is 4.98 Å². The molecule has 2 atom stereocenters. The second-order valence-electron chi connectivity index (χ2n) is 7.17. The molecular weight excluding hydrogens is 384 g/mol. The van der Waals surface area contributed by atoms with E-state index < -0.39 is 24.1 Å². The molecule has 0 spiro atoms. The van der Waals surface area contributed by atoms with Crippen LogP contribution in [0.1, 0.15) is 30.2 Å². The lowest BCUT2D eigenvalue weighted by atomic mass is 9.93. The third kappa shape index (κ3) is 6.01. The van der Waals surface area contributed by atoms with E-state index in [1.165, 1.54) is 19.1 Å². The van der Waals surface area contributed by atoms with E-state index in [0.29, 0.717) is 18.5 Å². The molecule has 30 heavy (non-hydrogen) atoms. The molecule has 0 amide bonds. The molecule has 1 aromatic heterocycles. The predicted octanol–water partition coefficient (Wildman–Crippen LogP) is 2.59. The van der Waals surface area contributed by atoms with E-state index in [0.717, 1.165) is 11.1 Å². The molecule has 0 radical (unpaired) electrons. The first-order valence-corrected chi connectivity index (χ1v) is 9.71. The summed E-state index contributed by atoms with van der Waals surface area (Å²) in [5.74, 6) is -1.26. The number of ketones is 1. The Bertz CT molecular complexity index is 989. The van der Waals surface area contributed by atoms with Crippen LogP contribution in [0.4, 0.5) is 0 Å². The van der Waals surface area contributed by atoms with Crippen molar-refractivity contribution in [1.82, 2.24) is 9.55 Å². The Labute approximate surface area is 175 Å². The van der Waals surface area contributed by atoms with Gasteiger partial charge in [0.2, 0.25) is 0 Å². The molecule has 7 heteroatoms. The molecule has 3 rings (SSSR count). The van der Waals surface area contributed by atoms with Crippen molar-refractivity contribution in [2.75, 3.05) is 0 Å². The Kier molecular flexibility index (Phi) is 6.95. The van der Waals surface area contributed by atoms with Gasteiger partial charge in [0.25, 0.3) is 0 Å². The van der Waals surface area contributed by atoms with Crippen molar-refractivity contribution in [1.29, 1.82) is 0 Å². The molecule has 1 aliphatic rings. The SMILES string of the molecule is CC(=O)OC1Cc2ccccc2CC(OC(=O)/C=C/c2cn(C)cn2)C/C=C\C1=O. The number of carbonyl (C=O) groups is 3. The molecule has 0 saturated carbocycles. The number of ether oxygens (including phenoxy) is 2. The predicted molar refractivity (Wildman–Crippen MR) is 110 cm³/mol. The van der Waals surface area contributed by atoms with Gasteiger partial charge in [0, 0.05) is 45.5 Å². The normalized spacial score (nSPS) is 20.4. The maximum atomic E-state index is 12.5. The van der Waals surface area contributed by atoms with E-state index in [1.54, 1.807) is 29.2 Å². The van der Waals surface area contributed by atoms with Gasteiger partial charge in [-0.15, -0.1) is 0 Å². The zero-order chi connectivity index (χ0) is 21.5. The van der Waals surface area contributed by atoms with E-state index in [4.69, 9.17) is 9.47 Å². The lowest BCUT2D eigenvalue weighted by Crippen LogP contribution is -2.29. The quantitative estimate of drug-likeness (QED) is 0.571. The largest absolute Gasteiger partial charge is 0.459 e. The van der Waals surface area contributed by atoms with Crippen molar-refractivity contribution >= 4 is 23.8 Å². The molecule has 1 aromatic carbocycles. The van der Waals surface area contributed by atoms with Crippen LogP contribution in [0.15, 0.2) is 55.0 Å². The third-order valence-corrected chi connectivity index (χ3v) is 4.68. The molecule has 7 nitrogen and oxygen atoms in total. The van der Waals surface area contributed by atoms with Crippen molar-refractivity contribution < 1.29 is 23.9 Å². The van der Waals surface area contributed by atoms with Gasteiger partial charge in [0.1, 0.15) is 6.10 Å². The number of nitrogens with zero attached hydrogens (tertiary/aromatic N) is 2. The van der Waals surface area contributed by atoms with Gasteiger partial charge >= 0.3 is 11.9 Å². The highest BCUT2D eigenvalue weighted by Gasteiger charge is 2.24. The number of carbonyl (C=O) groups excluding carboxylic acids is 3. The standard InChI is InChI=1S/C23H24N2O5/c1-16(26)29-22-13-18-7-4-3-6-17(18)12-20(8-5-9-21(22)27)30-23(28)11-10-19-14-25(2)15-24-19/h3-7,9-11,14-15,20,22H,8,12-13H2,1-2H3/b9-5-,11-10+. The molecule has 2 aromatic rings. The van der Waals surface area contributed by atoms with Crippen LogP contribution in [0.5, 0.6) is 0 Å². The van der Waals surface area contributed by atoms with Gasteiger partial charge in [-0.05, 0) is 23.3 Å². The number of aryl methyl sites for hydroxylation is 1. The summed E-state index contributed by atoms with van der Waals surface area (Å²) in [6.45, 7) is 1.29. The number of rotatable bonds is 4. The molecule has 156 valence electrons. The fraction of sp³-hybridized carbons (Fsp3) is 0.304. The summed E-state index contributed by atoms with van der Waals surface area (Å²) in [7, 11) is 1.85. The second-order valence-corrected chi connectivity index (χ2v) is 7.17. The summed E-state index contributed by atoms with van der Waals surface area (Å²) in [6, 6.07) is 7.58. The van der Waals surface area contributed by atoms with Crippen LogP contribution in [0, 0.1) is 0 Å². The number of aromatic nitrogens is 2. The maximum Gasteiger partial charge on any atom is 0.331 e. The third-order valence-electron chi connectivity index (χ3n) is 4.68. The van der Waals surface area contributed by atoms with E-state index in [9.17, 15) is 14.4 Å². The van der Waals surface area contributed by atoms with Crippen molar-refractivity contribution in [2.45, 2.75) is 38.4 Å². The van der Waals surface area contributed by atoms with Crippen LogP contribution >= 0.6 is 0 Å². The molecule has 1 heterocycles. The molecule has 0 fully saturated rings. The fourth-order valence-electron chi connectivity index (χ4n) is 3.29. The highest BCUT2D eigenvalue weighted by Crippen LogP contribution is 2.20. The second kappa shape index (κ2) is 9.82. The summed E-state index contributed by atoms with van der Waals surface area (Å²) < 4.78 is 12.6. The van der Waals surface area contributed by atoms with Gasteiger partial charge in [-0.25, -0.2) is 9.78 Å². The summed E-state index contributed by atoms with van der Waals surface area (Å²) in [4.78, 5) is 40.3. The van der Waals surface area contributed by atoms with Crippen LogP contribution in [-0.4, -0.2) is 39.5 Å². The first-order chi connectivity index (χ1) is 14.4. The summed E-state index contributed by atoms with van der Waals surface area (Å²) >= 11 is 0. The molecule has 0 aliphatic heterocycles. The maximum absolute atomic E-state index is 12.5. The van der Waals surface area contributed by atoms with Crippen molar-refractivity contribution in [3.05, 3.63) is 71.8 Å². The number of imidazole rings is 1. The first-order valence-electron chi connectivity index (χ1n) is 9.71. The Hall–Kier alpha value is -3.48. The zero-order valence-corrected chi connectivity index (χ0v) is 17.0. The Morgan fingerprint density at radius 2 is 1.90 bits per heavy atom. The van der Waals surface area contributed by atoms with Gasteiger partial charge in [0.05, 0.1) is 12.0 Å². The van der Waals surface area contributed by atoms with Gasteiger partial charge in [0.15, 0.2) is 11.9 Å². The molecular formula is C23H24N2O5. The highest BCUT2D eigenvalue weighted by molar-refractivity contribution is 5.95. The minimum Gasteiger partial charge on any atom is -0.459 e. The van der Waals surface area contributed by atoms with Crippen LogP contribution < -0.4 is 0 Å².